The minimum atomic E-state index is 0.0826. The van der Waals surface area contributed by atoms with Crippen LogP contribution in [0.1, 0.15) is 22.0 Å². The quantitative estimate of drug-likeness (QED) is 0.698. The molecule has 0 saturated heterocycles. The smallest absolute Gasteiger partial charge is 0.228 e. The average Bonchev–Trinajstić information content (AvgIpc) is 3.21. The van der Waals surface area contributed by atoms with E-state index in [1.54, 1.807) is 11.3 Å². The van der Waals surface area contributed by atoms with E-state index in [4.69, 9.17) is 16.1 Å². The monoisotopic (exact) mass is 373 g/mol. The normalized spacial score (nSPS) is 13.8. The molecule has 1 amide bonds. The first-order chi connectivity index (χ1) is 12.1. The fourth-order valence-electron chi connectivity index (χ4n) is 3.01. The molecule has 2 aromatic heterocycles. The van der Waals surface area contributed by atoms with E-state index in [2.05, 4.69) is 10.1 Å². The van der Waals surface area contributed by atoms with E-state index in [0.717, 1.165) is 33.3 Å². The summed E-state index contributed by atoms with van der Waals surface area (Å²) in [7, 11) is 0. The molecule has 0 atom stereocenters. The lowest BCUT2D eigenvalue weighted by Gasteiger charge is -2.26. The van der Waals surface area contributed by atoms with Crippen LogP contribution in [0.25, 0.3) is 11.3 Å². The summed E-state index contributed by atoms with van der Waals surface area (Å²) in [6.07, 6.45) is 1.01. The highest BCUT2D eigenvalue weighted by atomic mass is 35.5. The van der Waals surface area contributed by atoms with Crippen LogP contribution in [0, 0.1) is 6.92 Å². The highest BCUT2D eigenvalue weighted by Gasteiger charge is 2.27. The van der Waals surface area contributed by atoms with Crippen LogP contribution in [-0.2, 0) is 24.2 Å². The zero-order valence-electron chi connectivity index (χ0n) is 13.7. The van der Waals surface area contributed by atoms with E-state index in [9.17, 15) is 4.79 Å². The van der Waals surface area contributed by atoms with Crippen molar-refractivity contribution < 1.29 is 9.32 Å². The molecule has 0 fully saturated rings. The molecule has 25 heavy (non-hydrogen) atoms. The van der Waals surface area contributed by atoms with Gasteiger partial charge in [0.2, 0.25) is 5.91 Å². The van der Waals surface area contributed by atoms with Gasteiger partial charge < -0.3 is 9.42 Å². The van der Waals surface area contributed by atoms with Crippen LogP contribution in [0.2, 0.25) is 5.02 Å². The number of carbonyl (C=O) groups is 1. The van der Waals surface area contributed by atoms with Crippen LogP contribution in [0.15, 0.2) is 34.2 Å². The van der Waals surface area contributed by atoms with Gasteiger partial charge in [-0.05, 0) is 19.1 Å². The maximum absolute atomic E-state index is 12.6. The first-order valence-corrected chi connectivity index (χ1v) is 9.28. The number of amides is 1. The lowest BCUT2D eigenvalue weighted by molar-refractivity contribution is -0.131. The molecule has 3 heterocycles. The molecule has 1 aromatic carbocycles. The second kappa shape index (κ2) is 6.61. The molecule has 128 valence electrons. The fraction of sp³-hybridized carbons (Fsp3) is 0.278. The molecule has 0 spiro atoms. The predicted octanol–water partition coefficient (Wildman–Crippen LogP) is 3.89. The van der Waals surface area contributed by atoms with Crippen molar-refractivity contribution in [2.75, 3.05) is 6.54 Å². The standard InChI is InChI=1S/C18H16ClN3O2S/c1-11-20-14(10-25-11)8-17(23)22-7-6-16-15(9-22)18(21-24-16)12-2-4-13(19)5-3-12/h2-5,10H,6-9H2,1H3. The topological polar surface area (TPSA) is 59.2 Å². The van der Waals surface area contributed by atoms with Crippen molar-refractivity contribution in [3.63, 3.8) is 0 Å². The Labute approximate surface area is 154 Å². The summed E-state index contributed by atoms with van der Waals surface area (Å²) in [6, 6.07) is 7.49. The SMILES string of the molecule is Cc1nc(CC(=O)N2CCc3onc(-c4ccc(Cl)cc4)c3C2)cs1. The van der Waals surface area contributed by atoms with Gasteiger partial charge in [0.15, 0.2) is 0 Å². The van der Waals surface area contributed by atoms with E-state index in [-0.39, 0.29) is 5.91 Å². The van der Waals surface area contributed by atoms with Gasteiger partial charge in [0.25, 0.3) is 0 Å². The van der Waals surface area contributed by atoms with Crippen LogP contribution in [0.4, 0.5) is 0 Å². The minimum Gasteiger partial charge on any atom is -0.360 e. The molecule has 0 aliphatic carbocycles. The van der Waals surface area contributed by atoms with Gasteiger partial charge in [-0.2, -0.15) is 0 Å². The fourth-order valence-corrected chi connectivity index (χ4v) is 3.75. The number of thiazole rings is 1. The Morgan fingerprint density at radius 3 is 2.88 bits per heavy atom. The van der Waals surface area contributed by atoms with Gasteiger partial charge in [0, 0.05) is 34.5 Å². The van der Waals surface area contributed by atoms with Crippen molar-refractivity contribution in [3.8, 4) is 11.3 Å². The number of hydrogen-bond donors (Lipinski definition) is 0. The minimum absolute atomic E-state index is 0.0826. The Morgan fingerprint density at radius 1 is 1.36 bits per heavy atom. The third-order valence-corrected chi connectivity index (χ3v) is 5.37. The summed E-state index contributed by atoms with van der Waals surface area (Å²) < 4.78 is 5.49. The summed E-state index contributed by atoms with van der Waals surface area (Å²) in [5.41, 5.74) is 3.55. The zero-order valence-corrected chi connectivity index (χ0v) is 15.2. The van der Waals surface area contributed by atoms with Crippen molar-refractivity contribution in [1.29, 1.82) is 0 Å². The number of benzene rings is 1. The first kappa shape index (κ1) is 16.3. The Balaban J connectivity index is 1.55. The predicted molar refractivity (Wildman–Crippen MR) is 96.6 cm³/mol. The lowest BCUT2D eigenvalue weighted by atomic mass is 10.0. The molecule has 3 aromatic rings. The van der Waals surface area contributed by atoms with E-state index in [1.165, 1.54) is 0 Å². The van der Waals surface area contributed by atoms with Crippen LogP contribution in [0.5, 0.6) is 0 Å². The van der Waals surface area contributed by atoms with Crippen molar-refractivity contribution in [1.82, 2.24) is 15.0 Å². The molecule has 0 unspecified atom stereocenters. The number of carbonyl (C=O) groups excluding carboxylic acids is 1. The largest absolute Gasteiger partial charge is 0.360 e. The summed E-state index contributed by atoms with van der Waals surface area (Å²) in [5.74, 6) is 0.942. The van der Waals surface area contributed by atoms with Gasteiger partial charge in [0.05, 0.1) is 23.7 Å². The summed E-state index contributed by atoms with van der Waals surface area (Å²) >= 11 is 7.52. The molecular weight excluding hydrogens is 358 g/mol. The number of rotatable bonds is 3. The van der Waals surface area contributed by atoms with E-state index >= 15 is 0 Å². The highest BCUT2D eigenvalue weighted by Crippen LogP contribution is 2.30. The van der Waals surface area contributed by atoms with Crippen LogP contribution < -0.4 is 0 Å². The first-order valence-electron chi connectivity index (χ1n) is 8.02. The molecule has 0 bridgehead atoms. The second-order valence-electron chi connectivity index (χ2n) is 6.04. The molecule has 7 heteroatoms. The van der Waals surface area contributed by atoms with Crippen molar-refractivity contribution in [2.24, 2.45) is 0 Å². The van der Waals surface area contributed by atoms with Crippen molar-refractivity contribution >= 4 is 28.8 Å². The molecule has 5 nitrogen and oxygen atoms in total. The molecule has 0 saturated carbocycles. The van der Waals surface area contributed by atoms with Gasteiger partial charge in [-0.3, -0.25) is 4.79 Å². The summed E-state index contributed by atoms with van der Waals surface area (Å²) in [6.45, 7) is 3.10. The molecule has 1 aliphatic rings. The Hall–Kier alpha value is -2.18. The molecule has 4 rings (SSSR count). The number of nitrogens with zero attached hydrogens (tertiary/aromatic N) is 3. The number of aromatic nitrogens is 2. The van der Waals surface area contributed by atoms with E-state index in [1.807, 2.05) is 41.5 Å². The van der Waals surface area contributed by atoms with Gasteiger partial charge in [-0.25, -0.2) is 4.98 Å². The van der Waals surface area contributed by atoms with Crippen LogP contribution >= 0.6 is 22.9 Å². The Bertz CT molecular complexity index is 917. The lowest BCUT2D eigenvalue weighted by Crippen LogP contribution is -2.36. The van der Waals surface area contributed by atoms with Crippen LogP contribution in [0.3, 0.4) is 0 Å². The van der Waals surface area contributed by atoms with Gasteiger partial charge >= 0.3 is 0 Å². The van der Waals surface area contributed by atoms with Crippen molar-refractivity contribution in [2.45, 2.75) is 26.3 Å². The van der Waals surface area contributed by atoms with E-state index in [0.29, 0.717) is 31.0 Å². The second-order valence-corrected chi connectivity index (χ2v) is 7.54. The van der Waals surface area contributed by atoms with Crippen molar-refractivity contribution in [3.05, 3.63) is 56.7 Å². The van der Waals surface area contributed by atoms with Gasteiger partial charge in [0.1, 0.15) is 11.5 Å². The highest BCUT2D eigenvalue weighted by molar-refractivity contribution is 7.09. The van der Waals surface area contributed by atoms with Gasteiger partial charge in [-0.1, -0.05) is 28.9 Å². The number of aryl methyl sites for hydroxylation is 1. The van der Waals surface area contributed by atoms with E-state index < -0.39 is 0 Å². The molecule has 0 N–H and O–H groups in total. The third kappa shape index (κ3) is 3.32. The number of fused-ring (bicyclic) bond motifs is 1. The Morgan fingerprint density at radius 2 is 2.16 bits per heavy atom. The zero-order chi connectivity index (χ0) is 17.4. The maximum Gasteiger partial charge on any atom is 0.228 e. The van der Waals surface area contributed by atoms with Crippen LogP contribution in [-0.4, -0.2) is 27.5 Å². The summed E-state index contributed by atoms with van der Waals surface area (Å²) in [5, 5.41) is 7.81. The maximum atomic E-state index is 12.6. The number of halogens is 1. The Kier molecular flexibility index (Phi) is 4.31. The number of hydrogen-bond acceptors (Lipinski definition) is 5. The molecule has 1 aliphatic heterocycles. The molecular formula is C18H16ClN3O2S. The van der Waals surface area contributed by atoms with Gasteiger partial charge in [-0.15, -0.1) is 11.3 Å². The third-order valence-electron chi connectivity index (χ3n) is 4.30. The molecule has 0 radical (unpaired) electrons. The summed E-state index contributed by atoms with van der Waals surface area (Å²) in [4.78, 5) is 18.9. The average molecular weight is 374 g/mol.